The van der Waals surface area contributed by atoms with Crippen LogP contribution >= 0.6 is 0 Å². The van der Waals surface area contributed by atoms with Gasteiger partial charge in [0.05, 0.1) is 5.69 Å². The first kappa shape index (κ1) is 18.1. The highest BCUT2D eigenvalue weighted by Gasteiger charge is 2.42. The Morgan fingerprint density at radius 2 is 2.00 bits per heavy atom. The lowest BCUT2D eigenvalue weighted by Gasteiger charge is -2.26. The average Bonchev–Trinajstić information content (AvgIpc) is 3.46. The molecule has 27 heavy (non-hydrogen) atoms. The zero-order valence-corrected chi connectivity index (χ0v) is 16.5. The van der Waals surface area contributed by atoms with E-state index in [9.17, 15) is 4.79 Å². The summed E-state index contributed by atoms with van der Waals surface area (Å²) in [4.78, 5) is 14.7. The first-order valence-corrected chi connectivity index (χ1v) is 10.1. The summed E-state index contributed by atoms with van der Waals surface area (Å²) in [5.41, 5.74) is 9.80. The molecule has 4 nitrogen and oxygen atoms in total. The second kappa shape index (κ2) is 7.35. The number of anilines is 1. The quantitative estimate of drug-likeness (QED) is 0.714. The smallest absolute Gasteiger partial charge is 0.222 e. The summed E-state index contributed by atoms with van der Waals surface area (Å²) < 4.78 is 0. The minimum atomic E-state index is 0.274. The molecule has 1 unspecified atom stereocenters. The normalized spacial score (nSPS) is 16.6. The van der Waals surface area contributed by atoms with Gasteiger partial charge < -0.3 is 4.90 Å². The zero-order chi connectivity index (χ0) is 19.0. The number of hydrogen-bond acceptors (Lipinski definition) is 3. The second-order valence-electron chi connectivity index (χ2n) is 8.11. The van der Waals surface area contributed by atoms with Crippen LogP contribution in [0, 0.1) is 5.92 Å². The Kier molecular flexibility index (Phi) is 4.92. The van der Waals surface area contributed by atoms with Crippen molar-refractivity contribution < 1.29 is 4.79 Å². The molecule has 2 aliphatic heterocycles. The molecule has 2 aromatic carbocycles. The molecule has 2 heterocycles. The van der Waals surface area contributed by atoms with Crippen LogP contribution in [-0.2, 0) is 11.3 Å². The molecule has 4 heteroatoms. The first-order chi connectivity index (χ1) is 13.1. The van der Waals surface area contributed by atoms with E-state index >= 15 is 0 Å². The Balaban J connectivity index is 1.58. The number of amides is 1. The minimum Gasteiger partial charge on any atom is -0.338 e. The third-order valence-corrected chi connectivity index (χ3v) is 5.37. The van der Waals surface area contributed by atoms with E-state index in [2.05, 4.69) is 73.7 Å². The van der Waals surface area contributed by atoms with Crippen molar-refractivity contribution in [2.24, 2.45) is 5.92 Å². The topological polar surface area (TPSA) is 45.3 Å². The molecule has 1 saturated heterocycles. The number of benzene rings is 2. The van der Waals surface area contributed by atoms with Crippen molar-refractivity contribution in [2.75, 3.05) is 11.6 Å². The Morgan fingerprint density at radius 1 is 1.19 bits per heavy atom. The van der Waals surface area contributed by atoms with Crippen molar-refractivity contribution in [3.63, 3.8) is 0 Å². The molecular formula is C23H29N3O. The van der Waals surface area contributed by atoms with Crippen LogP contribution in [0.4, 0.5) is 5.69 Å². The van der Waals surface area contributed by atoms with Crippen LogP contribution in [0.15, 0.2) is 42.5 Å². The van der Waals surface area contributed by atoms with Gasteiger partial charge in [-0.2, -0.15) is 0 Å². The van der Waals surface area contributed by atoms with Gasteiger partial charge in [0.2, 0.25) is 5.91 Å². The Morgan fingerprint density at radius 3 is 2.78 bits per heavy atom. The number of hydrogen-bond donors (Lipinski definition) is 1. The molecule has 0 radical (unpaired) electrons. The van der Waals surface area contributed by atoms with E-state index < -0.39 is 0 Å². The van der Waals surface area contributed by atoms with Gasteiger partial charge in [-0.3, -0.25) is 9.80 Å². The van der Waals surface area contributed by atoms with E-state index in [1.54, 1.807) is 0 Å². The monoisotopic (exact) mass is 363 g/mol. The summed E-state index contributed by atoms with van der Waals surface area (Å²) in [5, 5.41) is 2.23. The Hall–Kier alpha value is -2.33. The van der Waals surface area contributed by atoms with Gasteiger partial charge in [-0.25, -0.2) is 5.43 Å². The standard InChI is InChI=1S/C23H29N3O/c1-4-5-10-22(27)25(14-16(2)3)15-17-11-12-19-18-8-6-7-9-20(18)23-24-26(23)21(19)13-17/h6-9,11-13,16,23-24H,4-5,10,14-15H2,1-3H3. The Bertz CT molecular complexity index is 845. The fourth-order valence-electron chi connectivity index (χ4n) is 4.00. The minimum absolute atomic E-state index is 0.274. The van der Waals surface area contributed by atoms with Gasteiger partial charge in [0.1, 0.15) is 6.17 Å². The van der Waals surface area contributed by atoms with E-state index in [0.29, 0.717) is 25.0 Å². The molecule has 2 aromatic rings. The Labute approximate surface area is 162 Å². The highest BCUT2D eigenvalue weighted by atomic mass is 16.2. The van der Waals surface area contributed by atoms with Gasteiger partial charge in [-0.15, -0.1) is 0 Å². The maximum absolute atomic E-state index is 12.7. The molecule has 0 aromatic heterocycles. The number of rotatable bonds is 7. The van der Waals surface area contributed by atoms with Gasteiger partial charge in [0, 0.05) is 25.1 Å². The number of fused-ring (bicyclic) bond motifs is 6. The molecule has 1 atom stereocenters. The number of carbonyl (C=O) groups excluding carboxylic acids is 1. The number of hydrazine groups is 1. The summed E-state index contributed by atoms with van der Waals surface area (Å²) in [5.74, 6) is 0.745. The van der Waals surface area contributed by atoms with Crippen molar-refractivity contribution in [3.8, 4) is 11.1 Å². The number of nitrogens with one attached hydrogen (secondary N) is 1. The molecule has 142 valence electrons. The fraction of sp³-hybridized carbons (Fsp3) is 0.435. The summed E-state index contributed by atoms with van der Waals surface area (Å²) in [6, 6.07) is 15.2. The predicted molar refractivity (Wildman–Crippen MR) is 110 cm³/mol. The molecule has 2 aliphatic rings. The number of nitrogens with zero attached hydrogens (tertiary/aromatic N) is 2. The van der Waals surface area contributed by atoms with Gasteiger partial charge in [-0.1, -0.05) is 63.6 Å². The lowest BCUT2D eigenvalue weighted by molar-refractivity contribution is -0.132. The van der Waals surface area contributed by atoms with Crippen LogP contribution in [0.1, 0.15) is 57.3 Å². The largest absolute Gasteiger partial charge is 0.338 e. The maximum Gasteiger partial charge on any atom is 0.222 e. The second-order valence-corrected chi connectivity index (χ2v) is 8.11. The summed E-state index contributed by atoms with van der Waals surface area (Å²) in [6.45, 7) is 7.98. The molecule has 4 rings (SSSR count). The van der Waals surface area contributed by atoms with Crippen LogP contribution in [0.2, 0.25) is 0 Å². The van der Waals surface area contributed by atoms with Crippen molar-refractivity contribution in [3.05, 3.63) is 53.6 Å². The summed E-state index contributed by atoms with van der Waals surface area (Å²) >= 11 is 0. The van der Waals surface area contributed by atoms with Gasteiger partial charge in [-0.05, 0) is 35.1 Å². The lowest BCUT2D eigenvalue weighted by atomic mass is 9.93. The number of unbranched alkanes of at least 4 members (excludes halogenated alkanes) is 1. The molecule has 0 aliphatic carbocycles. The highest BCUT2D eigenvalue weighted by Crippen LogP contribution is 2.49. The maximum atomic E-state index is 12.7. The van der Waals surface area contributed by atoms with Crippen molar-refractivity contribution in [1.29, 1.82) is 0 Å². The third kappa shape index (κ3) is 3.59. The van der Waals surface area contributed by atoms with E-state index in [1.165, 1.54) is 27.9 Å². The first-order valence-electron chi connectivity index (χ1n) is 10.1. The molecule has 0 bridgehead atoms. The fourth-order valence-corrected chi connectivity index (χ4v) is 4.00. The average molecular weight is 364 g/mol. The molecule has 0 spiro atoms. The third-order valence-electron chi connectivity index (χ3n) is 5.37. The zero-order valence-electron chi connectivity index (χ0n) is 16.5. The van der Waals surface area contributed by atoms with Gasteiger partial charge >= 0.3 is 0 Å². The van der Waals surface area contributed by atoms with Crippen LogP contribution in [0.3, 0.4) is 0 Å². The van der Waals surface area contributed by atoms with E-state index in [-0.39, 0.29) is 5.91 Å². The highest BCUT2D eigenvalue weighted by molar-refractivity contribution is 5.87. The van der Waals surface area contributed by atoms with Gasteiger partial charge in [0.15, 0.2) is 0 Å². The molecular weight excluding hydrogens is 334 g/mol. The van der Waals surface area contributed by atoms with Crippen molar-refractivity contribution in [1.82, 2.24) is 10.3 Å². The molecule has 0 saturated carbocycles. The van der Waals surface area contributed by atoms with Crippen LogP contribution < -0.4 is 10.4 Å². The van der Waals surface area contributed by atoms with Crippen LogP contribution in [-0.4, -0.2) is 17.4 Å². The van der Waals surface area contributed by atoms with Crippen molar-refractivity contribution >= 4 is 11.6 Å². The van der Waals surface area contributed by atoms with E-state index in [0.717, 1.165) is 19.4 Å². The molecule has 1 N–H and O–H groups in total. The predicted octanol–water partition coefficient (Wildman–Crippen LogP) is 4.87. The summed E-state index contributed by atoms with van der Waals surface area (Å²) in [6.07, 6.45) is 2.97. The molecule has 1 amide bonds. The summed E-state index contributed by atoms with van der Waals surface area (Å²) in [7, 11) is 0. The van der Waals surface area contributed by atoms with Crippen molar-refractivity contribution in [2.45, 2.75) is 52.7 Å². The lowest BCUT2D eigenvalue weighted by Crippen LogP contribution is -2.33. The van der Waals surface area contributed by atoms with Crippen LogP contribution in [0.25, 0.3) is 11.1 Å². The van der Waals surface area contributed by atoms with E-state index in [4.69, 9.17) is 0 Å². The SMILES string of the molecule is CCCCC(=O)N(Cc1ccc2c(c1)N1NC1c1ccccc1-2)CC(C)C. The van der Waals surface area contributed by atoms with Gasteiger partial charge in [0.25, 0.3) is 0 Å². The van der Waals surface area contributed by atoms with E-state index in [1.807, 2.05) is 4.90 Å². The molecule has 1 fully saturated rings. The number of carbonyl (C=O) groups is 1. The van der Waals surface area contributed by atoms with Crippen LogP contribution in [0.5, 0.6) is 0 Å².